The second-order valence-corrected chi connectivity index (χ2v) is 18.3. The van der Waals surface area contributed by atoms with Crippen LogP contribution in [0.25, 0.3) is 0 Å². The van der Waals surface area contributed by atoms with Crippen LogP contribution in [0.3, 0.4) is 0 Å². The van der Waals surface area contributed by atoms with Crippen LogP contribution in [-0.4, -0.2) is 34.9 Å². The van der Waals surface area contributed by atoms with E-state index in [2.05, 4.69) is 19.2 Å². The fraction of sp³-hybridized carbons (Fsp3) is 0.943. The average molecular weight is 804 g/mol. The molecule has 0 radical (unpaired) electrons. The number of amides is 1. The molecule has 4 nitrogen and oxygen atoms in total. The Hall–Kier alpha value is -0.870. The van der Waals surface area contributed by atoms with Gasteiger partial charge in [-0.1, -0.05) is 289 Å². The standard InChI is InChI=1S/C53H105NO3/c1-3-5-7-9-11-13-15-17-18-19-20-21-22-23-24-25-26-27-28-29-30-31-32-33-34-35-36-37-38-40-42-44-46-48-52(56)51(50-55)54-53(57)49-47-45-43-41-39-16-14-12-10-8-6-4-2/h46,48,51-52,55-56H,3-45,47,49-50H2,1-2H3,(H,54,57)/b48-46+. The molecule has 0 heterocycles. The molecule has 0 bridgehead atoms. The molecule has 0 aromatic heterocycles. The van der Waals surface area contributed by atoms with Gasteiger partial charge in [-0.2, -0.15) is 0 Å². The van der Waals surface area contributed by atoms with Gasteiger partial charge in [-0.3, -0.25) is 4.79 Å². The lowest BCUT2D eigenvalue weighted by Crippen LogP contribution is -2.45. The van der Waals surface area contributed by atoms with Gasteiger partial charge in [0, 0.05) is 6.42 Å². The maximum Gasteiger partial charge on any atom is 0.220 e. The largest absolute Gasteiger partial charge is 0.394 e. The maximum atomic E-state index is 12.4. The molecule has 2 atom stereocenters. The number of aliphatic hydroxyl groups is 2. The van der Waals surface area contributed by atoms with Crippen molar-refractivity contribution < 1.29 is 15.0 Å². The first-order valence-electron chi connectivity index (χ1n) is 26.4. The van der Waals surface area contributed by atoms with Crippen LogP contribution < -0.4 is 5.32 Å². The van der Waals surface area contributed by atoms with Gasteiger partial charge in [0.1, 0.15) is 0 Å². The molecule has 0 rings (SSSR count). The molecule has 2 unspecified atom stereocenters. The summed E-state index contributed by atoms with van der Waals surface area (Å²) in [5.41, 5.74) is 0. The van der Waals surface area contributed by atoms with Gasteiger partial charge in [-0.15, -0.1) is 0 Å². The van der Waals surface area contributed by atoms with Crippen LogP contribution >= 0.6 is 0 Å². The first kappa shape index (κ1) is 56.1. The molecular weight excluding hydrogens is 699 g/mol. The lowest BCUT2D eigenvalue weighted by Gasteiger charge is -2.20. The van der Waals surface area contributed by atoms with Crippen molar-refractivity contribution in [2.75, 3.05) is 6.61 Å². The maximum absolute atomic E-state index is 12.4. The number of carbonyl (C=O) groups is 1. The van der Waals surface area contributed by atoms with E-state index in [0.717, 1.165) is 25.7 Å². The molecule has 340 valence electrons. The van der Waals surface area contributed by atoms with Crippen molar-refractivity contribution >= 4 is 5.91 Å². The van der Waals surface area contributed by atoms with E-state index in [1.165, 1.54) is 257 Å². The van der Waals surface area contributed by atoms with Gasteiger partial charge in [-0.05, 0) is 19.3 Å². The molecule has 4 heteroatoms. The Morgan fingerprint density at radius 3 is 0.912 bits per heavy atom. The van der Waals surface area contributed by atoms with Gasteiger partial charge in [0.15, 0.2) is 0 Å². The number of nitrogens with one attached hydrogen (secondary N) is 1. The third kappa shape index (κ3) is 46.1. The SMILES string of the molecule is CCCCCCCCCCCCCCCCCCCCCCCCCCCCCCCCC/C=C/C(O)C(CO)NC(=O)CCCCCCCCCCCCCC. The summed E-state index contributed by atoms with van der Waals surface area (Å²) in [6.45, 7) is 4.33. The van der Waals surface area contributed by atoms with E-state index in [4.69, 9.17) is 0 Å². The predicted octanol–water partition coefficient (Wildman–Crippen LogP) is 17.0. The van der Waals surface area contributed by atoms with Gasteiger partial charge in [0.25, 0.3) is 0 Å². The zero-order valence-corrected chi connectivity index (χ0v) is 39.1. The van der Waals surface area contributed by atoms with Gasteiger partial charge in [-0.25, -0.2) is 0 Å². The van der Waals surface area contributed by atoms with Crippen molar-refractivity contribution in [1.82, 2.24) is 5.32 Å². The van der Waals surface area contributed by atoms with Gasteiger partial charge < -0.3 is 15.5 Å². The molecule has 0 aliphatic rings. The zero-order valence-electron chi connectivity index (χ0n) is 39.1. The Morgan fingerprint density at radius 2 is 0.649 bits per heavy atom. The molecule has 0 saturated heterocycles. The third-order valence-electron chi connectivity index (χ3n) is 12.5. The highest BCUT2D eigenvalue weighted by atomic mass is 16.3. The molecule has 0 aromatic rings. The smallest absolute Gasteiger partial charge is 0.220 e. The van der Waals surface area contributed by atoms with Crippen molar-refractivity contribution in [3.05, 3.63) is 12.2 Å². The normalized spacial score (nSPS) is 12.8. The molecule has 0 aliphatic carbocycles. The topological polar surface area (TPSA) is 69.6 Å². The highest BCUT2D eigenvalue weighted by Gasteiger charge is 2.18. The van der Waals surface area contributed by atoms with Crippen molar-refractivity contribution in [3.63, 3.8) is 0 Å². The van der Waals surface area contributed by atoms with E-state index < -0.39 is 12.1 Å². The molecule has 1 amide bonds. The van der Waals surface area contributed by atoms with Crippen LogP contribution in [0.1, 0.15) is 303 Å². The molecule has 0 saturated carbocycles. The second kappa shape index (κ2) is 49.5. The fourth-order valence-electron chi connectivity index (χ4n) is 8.48. The Kier molecular flexibility index (Phi) is 48.7. The molecule has 0 spiro atoms. The minimum absolute atomic E-state index is 0.0604. The number of allylic oxidation sites excluding steroid dienone is 1. The Balaban J connectivity index is 3.39. The summed E-state index contributed by atoms with van der Waals surface area (Å²) in [4.78, 5) is 12.4. The number of carbonyl (C=O) groups excluding carboxylic acids is 1. The van der Waals surface area contributed by atoms with E-state index in [1.54, 1.807) is 6.08 Å². The van der Waals surface area contributed by atoms with Crippen molar-refractivity contribution in [3.8, 4) is 0 Å². The molecule has 0 aromatic carbocycles. The van der Waals surface area contributed by atoms with E-state index >= 15 is 0 Å². The van der Waals surface area contributed by atoms with E-state index in [9.17, 15) is 15.0 Å². The first-order valence-corrected chi connectivity index (χ1v) is 26.4. The van der Waals surface area contributed by atoms with Crippen molar-refractivity contribution in [1.29, 1.82) is 0 Å². The number of rotatable bonds is 49. The first-order chi connectivity index (χ1) is 28.2. The quantitative estimate of drug-likeness (QED) is 0.0424. The number of hydrogen-bond acceptors (Lipinski definition) is 3. The summed E-state index contributed by atoms with van der Waals surface area (Å²) >= 11 is 0. The minimum atomic E-state index is -0.834. The van der Waals surface area contributed by atoms with Crippen molar-refractivity contribution in [2.45, 2.75) is 315 Å². The summed E-state index contributed by atoms with van der Waals surface area (Å²) in [7, 11) is 0. The van der Waals surface area contributed by atoms with Gasteiger partial charge in [0.2, 0.25) is 5.91 Å². The lowest BCUT2D eigenvalue weighted by molar-refractivity contribution is -0.123. The molecule has 0 fully saturated rings. The molecule has 0 aliphatic heterocycles. The Labute approximate surface area is 358 Å². The van der Waals surface area contributed by atoms with Crippen LogP contribution in [0.15, 0.2) is 12.2 Å². The number of unbranched alkanes of at least 4 members (excludes halogenated alkanes) is 42. The summed E-state index contributed by atoms with van der Waals surface area (Å²) < 4.78 is 0. The fourth-order valence-corrected chi connectivity index (χ4v) is 8.48. The third-order valence-corrected chi connectivity index (χ3v) is 12.5. The number of aliphatic hydroxyl groups excluding tert-OH is 2. The number of hydrogen-bond donors (Lipinski definition) is 3. The lowest BCUT2D eigenvalue weighted by atomic mass is 10.0. The Morgan fingerprint density at radius 1 is 0.404 bits per heavy atom. The van der Waals surface area contributed by atoms with Crippen LogP contribution in [0.5, 0.6) is 0 Å². The molecule has 3 N–H and O–H groups in total. The van der Waals surface area contributed by atoms with E-state index in [-0.39, 0.29) is 12.5 Å². The van der Waals surface area contributed by atoms with Crippen molar-refractivity contribution in [2.24, 2.45) is 0 Å². The monoisotopic (exact) mass is 804 g/mol. The molecular formula is C53H105NO3. The van der Waals surface area contributed by atoms with Gasteiger partial charge in [0.05, 0.1) is 18.8 Å². The molecule has 57 heavy (non-hydrogen) atoms. The van der Waals surface area contributed by atoms with Crippen LogP contribution in [0.4, 0.5) is 0 Å². The zero-order chi connectivity index (χ0) is 41.4. The predicted molar refractivity (Wildman–Crippen MR) is 253 cm³/mol. The van der Waals surface area contributed by atoms with Crippen LogP contribution in [-0.2, 0) is 4.79 Å². The Bertz CT molecular complexity index is 784. The van der Waals surface area contributed by atoms with Crippen LogP contribution in [0, 0.1) is 0 Å². The van der Waals surface area contributed by atoms with Gasteiger partial charge >= 0.3 is 0 Å². The highest BCUT2D eigenvalue weighted by Crippen LogP contribution is 2.18. The van der Waals surface area contributed by atoms with E-state index in [1.807, 2.05) is 6.08 Å². The average Bonchev–Trinajstić information content (AvgIpc) is 3.22. The highest BCUT2D eigenvalue weighted by molar-refractivity contribution is 5.76. The second-order valence-electron chi connectivity index (χ2n) is 18.3. The summed E-state index contributed by atoms with van der Waals surface area (Å²) in [6.07, 6.45) is 63.8. The summed E-state index contributed by atoms with van der Waals surface area (Å²) in [5, 5.41) is 23.1. The summed E-state index contributed by atoms with van der Waals surface area (Å²) in [5.74, 6) is -0.0604. The minimum Gasteiger partial charge on any atom is -0.394 e. The summed E-state index contributed by atoms with van der Waals surface area (Å²) in [6, 6.07) is -0.616. The van der Waals surface area contributed by atoms with Crippen LogP contribution in [0.2, 0.25) is 0 Å². The van der Waals surface area contributed by atoms with E-state index in [0.29, 0.717) is 6.42 Å².